The third-order valence-corrected chi connectivity index (χ3v) is 3.96. The summed E-state index contributed by atoms with van der Waals surface area (Å²) in [6.07, 6.45) is 3.11. The van der Waals surface area contributed by atoms with Crippen LogP contribution in [-0.2, 0) is 11.3 Å². The Labute approximate surface area is 119 Å². The van der Waals surface area contributed by atoms with Gasteiger partial charge >= 0.3 is 5.97 Å². The first-order chi connectivity index (χ1) is 9.54. The van der Waals surface area contributed by atoms with E-state index in [1.165, 1.54) is 6.07 Å². The van der Waals surface area contributed by atoms with Gasteiger partial charge in [-0.25, -0.2) is 4.39 Å². The van der Waals surface area contributed by atoms with Crippen LogP contribution in [-0.4, -0.2) is 29.1 Å². The van der Waals surface area contributed by atoms with Crippen molar-refractivity contribution in [1.29, 1.82) is 0 Å². The summed E-state index contributed by atoms with van der Waals surface area (Å²) in [5, 5.41) is 8.75. The van der Waals surface area contributed by atoms with E-state index in [4.69, 9.17) is 5.11 Å². The van der Waals surface area contributed by atoms with Gasteiger partial charge < -0.3 is 5.11 Å². The van der Waals surface area contributed by atoms with Gasteiger partial charge in [-0.3, -0.25) is 9.69 Å². The predicted molar refractivity (Wildman–Crippen MR) is 76.0 cm³/mol. The van der Waals surface area contributed by atoms with Gasteiger partial charge in [0, 0.05) is 25.1 Å². The van der Waals surface area contributed by atoms with Crippen LogP contribution in [0.15, 0.2) is 18.2 Å². The Bertz CT molecular complexity index is 476. The fourth-order valence-electron chi connectivity index (χ4n) is 2.92. The highest BCUT2D eigenvalue weighted by Crippen LogP contribution is 2.23. The lowest BCUT2D eigenvalue weighted by Crippen LogP contribution is -2.35. The van der Waals surface area contributed by atoms with E-state index in [-0.39, 0.29) is 12.2 Å². The van der Waals surface area contributed by atoms with Gasteiger partial charge in [0.25, 0.3) is 0 Å². The molecule has 1 fully saturated rings. The van der Waals surface area contributed by atoms with Crippen LogP contribution >= 0.6 is 0 Å². The summed E-state index contributed by atoms with van der Waals surface area (Å²) in [4.78, 5) is 12.9. The lowest BCUT2D eigenvalue weighted by Gasteiger charge is -2.32. The SMILES string of the molecule is Cc1ccc(F)c(CN2CCCC(CCC(=O)O)C2)c1. The molecule has 0 aromatic heterocycles. The van der Waals surface area contributed by atoms with Crippen molar-refractivity contribution in [3.8, 4) is 0 Å². The number of hydrogen-bond donors (Lipinski definition) is 1. The molecule has 0 aliphatic carbocycles. The van der Waals surface area contributed by atoms with E-state index in [1.54, 1.807) is 6.07 Å². The maximum atomic E-state index is 13.8. The minimum Gasteiger partial charge on any atom is -0.481 e. The molecule has 0 spiro atoms. The number of rotatable bonds is 5. The monoisotopic (exact) mass is 279 g/mol. The smallest absolute Gasteiger partial charge is 0.303 e. The Morgan fingerprint density at radius 2 is 2.30 bits per heavy atom. The highest BCUT2D eigenvalue weighted by atomic mass is 19.1. The standard InChI is InChI=1S/C16H22FNO2/c1-12-4-6-15(17)14(9-12)11-18-8-2-3-13(10-18)5-7-16(19)20/h4,6,9,13H,2-3,5,7-8,10-11H2,1H3,(H,19,20). The molecule has 20 heavy (non-hydrogen) atoms. The maximum Gasteiger partial charge on any atom is 0.303 e. The summed E-state index contributed by atoms with van der Waals surface area (Å²) < 4.78 is 13.8. The molecule has 110 valence electrons. The third-order valence-electron chi connectivity index (χ3n) is 3.96. The van der Waals surface area contributed by atoms with Crippen molar-refractivity contribution >= 4 is 5.97 Å². The van der Waals surface area contributed by atoms with Crippen LogP contribution in [0.5, 0.6) is 0 Å². The van der Waals surface area contributed by atoms with Crippen molar-refractivity contribution in [3.05, 3.63) is 35.1 Å². The summed E-state index contributed by atoms with van der Waals surface area (Å²) in [5.74, 6) is -0.456. The average Bonchev–Trinajstić information content (AvgIpc) is 2.41. The summed E-state index contributed by atoms with van der Waals surface area (Å²) in [6, 6.07) is 5.21. The topological polar surface area (TPSA) is 40.5 Å². The molecule has 1 aromatic carbocycles. The molecule has 4 heteroatoms. The fraction of sp³-hybridized carbons (Fsp3) is 0.562. The van der Waals surface area contributed by atoms with Crippen LogP contribution in [0.1, 0.15) is 36.8 Å². The molecule has 1 saturated heterocycles. The lowest BCUT2D eigenvalue weighted by atomic mass is 9.93. The van der Waals surface area contributed by atoms with E-state index in [0.717, 1.165) is 43.5 Å². The normalized spacial score (nSPS) is 20.0. The zero-order valence-electron chi connectivity index (χ0n) is 11.9. The molecule has 1 atom stereocenters. The number of carboxylic acids is 1. The van der Waals surface area contributed by atoms with Gasteiger partial charge in [0.15, 0.2) is 0 Å². The molecule has 0 saturated carbocycles. The zero-order chi connectivity index (χ0) is 14.5. The van der Waals surface area contributed by atoms with Crippen molar-refractivity contribution < 1.29 is 14.3 Å². The molecule has 1 aliphatic heterocycles. The van der Waals surface area contributed by atoms with Gasteiger partial charge in [0.1, 0.15) is 5.82 Å². The second-order valence-electron chi connectivity index (χ2n) is 5.77. The summed E-state index contributed by atoms with van der Waals surface area (Å²) in [6.45, 7) is 4.43. The highest BCUT2D eigenvalue weighted by molar-refractivity contribution is 5.66. The van der Waals surface area contributed by atoms with E-state index in [2.05, 4.69) is 4.90 Å². The number of nitrogens with zero attached hydrogens (tertiary/aromatic N) is 1. The number of likely N-dealkylation sites (tertiary alicyclic amines) is 1. The minimum absolute atomic E-state index is 0.150. The van der Waals surface area contributed by atoms with E-state index < -0.39 is 5.97 Å². The van der Waals surface area contributed by atoms with Gasteiger partial charge in [-0.15, -0.1) is 0 Å². The number of benzene rings is 1. The van der Waals surface area contributed by atoms with Crippen molar-refractivity contribution in [2.75, 3.05) is 13.1 Å². The Hall–Kier alpha value is -1.42. The Balaban J connectivity index is 1.92. The molecule has 2 rings (SSSR count). The molecule has 1 heterocycles. The van der Waals surface area contributed by atoms with Gasteiger partial charge in [0.2, 0.25) is 0 Å². The Kier molecular flexibility index (Phi) is 5.12. The molecule has 1 unspecified atom stereocenters. The van der Waals surface area contributed by atoms with Gasteiger partial charge in [-0.1, -0.05) is 17.7 Å². The molecule has 0 amide bonds. The van der Waals surface area contributed by atoms with Gasteiger partial charge in [-0.05, 0) is 44.7 Å². The van der Waals surface area contributed by atoms with Crippen molar-refractivity contribution in [3.63, 3.8) is 0 Å². The number of aryl methyl sites for hydroxylation is 1. The largest absolute Gasteiger partial charge is 0.481 e. The van der Waals surface area contributed by atoms with Crippen LogP contribution in [0, 0.1) is 18.7 Å². The van der Waals surface area contributed by atoms with Crippen molar-refractivity contribution in [1.82, 2.24) is 4.90 Å². The first-order valence-corrected chi connectivity index (χ1v) is 7.24. The summed E-state index contributed by atoms with van der Waals surface area (Å²) in [5.41, 5.74) is 1.81. The van der Waals surface area contributed by atoms with Gasteiger partial charge in [0.05, 0.1) is 0 Å². The second kappa shape index (κ2) is 6.84. The summed E-state index contributed by atoms with van der Waals surface area (Å²) >= 11 is 0. The first-order valence-electron chi connectivity index (χ1n) is 7.24. The highest BCUT2D eigenvalue weighted by Gasteiger charge is 2.21. The maximum absolute atomic E-state index is 13.8. The van der Waals surface area contributed by atoms with Gasteiger partial charge in [-0.2, -0.15) is 0 Å². The molecule has 1 aromatic rings. The number of carbonyl (C=O) groups is 1. The van der Waals surface area contributed by atoms with Crippen LogP contribution in [0.3, 0.4) is 0 Å². The van der Waals surface area contributed by atoms with E-state index in [0.29, 0.717) is 12.5 Å². The van der Waals surface area contributed by atoms with Crippen LogP contribution in [0.4, 0.5) is 4.39 Å². The number of piperidine rings is 1. The number of halogens is 1. The fourth-order valence-corrected chi connectivity index (χ4v) is 2.92. The number of carboxylic acid groups (broad SMARTS) is 1. The third kappa shape index (κ3) is 4.30. The molecule has 1 N–H and O–H groups in total. The van der Waals surface area contributed by atoms with E-state index in [1.807, 2.05) is 13.0 Å². The molecule has 3 nitrogen and oxygen atoms in total. The van der Waals surface area contributed by atoms with E-state index in [9.17, 15) is 9.18 Å². The van der Waals surface area contributed by atoms with Crippen LogP contribution < -0.4 is 0 Å². The molecule has 0 bridgehead atoms. The van der Waals surface area contributed by atoms with E-state index >= 15 is 0 Å². The van der Waals surface area contributed by atoms with Crippen LogP contribution in [0.2, 0.25) is 0 Å². The minimum atomic E-state index is -0.730. The lowest BCUT2D eigenvalue weighted by molar-refractivity contribution is -0.137. The summed E-state index contributed by atoms with van der Waals surface area (Å²) in [7, 11) is 0. The quantitative estimate of drug-likeness (QED) is 0.899. The molecule has 1 aliphatic rings. The number of aliphatic carboxylic acids is 1. The van der Waals surface area contributed by atoms with Crippen LogP contribution in [0.25, 0.3) is 0 Å². The van der Waals surface area contributed by atoms with Crippen molar-refractivity contribution in [2.24, 2.45) is 5.92 Å². The second-order valence-corrected chi connectivity index (χ2v) is 5.77. The number of hydrogen-bond acceptors (Lipinski definition) is 2. The molecule has 0 radical (unpaired) electrons. The average molecular weight is 279 g/mol. The molecular formula is C16H22FNO2. The predicted octanol–water partition coefficient (Wildman–Crippen LogP) is 3.21. The Morgan fingerprint density at radius 1 is 1.50 bits per heavy atom. The zero-order valence-corrected chi connectivity index (χ0v) is 11.9. The first kappa shape index (κ1) is 15.0. The Morgan fingerprint density at radius 3 is 3.05 bits per heavy atom. The van der Waals surface area contributed by atoms with Crippen molar-refractivity contribution in [2.45, 2.75) is 39.2 Å². The molecular weight excluding hydrogens is 257 g/mol.